The van der Waals surface area contributed by atoms with E-state index in [0.29, 0.717) is 16.7 Å². The predicted octanol–water partition coefficient (Wildman–Crippen LogP) is 2.84. The Bertz CT molecular complexity index is 243. The van der Waals surface area contributed by atoms with Crippen LogP contribution in [0.25, 0.3) is 0 Å². The van der Waals surface area contributed by atoms with Gasteiger partial charge in [-0.1, -0.05) is 20.8 Å². The van der Waals surface area contributed by atoms with Crippen LogP contribution in [0.2, 0.25) is 5.04 Å². The van der Waals surface area contributed by atoms with E-state index in [4.69, 9.17) is 4.43 Å². The second-order valence-corrected chi connectivity index (χ2v) is 9.46. The second kappa shape index (κ2) is 5.01. The molecule has 0 aromatic heterocycles. The Balaban J connectivity index is 2.47. The minimum absolute atomic E-state index is 0.0276. The SMILES string of the molecule is CC(C)(C)[SiH2]OC(C)(C)C1CCC(=O)CC1. The molecule has 0 aromatic rings. The molecule has 1 aliphatic rings. The van der Waals surface area contributed by atoms with Crippen molar-refractivity contribution >= 4 is 15.5 Å². The average molecular weight is 242 g/mol. The zero-order valence-electron chi connectivity index (χ0n) is 11.4. The van der Waals surface area contributed by atoms with Crippen LogP contribution >= 0.6 is 0 Å². The van der Waals surface area contributed by atoms with Crippen molar-refractivity contribution in [1.29, 1.82) is 0 Å². The van der Waals surface area contributed by atoms with Gasteiger partial charge in [0.2, 0.25) is 0 Å². The molecule has 0 saturated heterocycles. The van der Waals surface area contributed by atoms with Gasteiger partial charge in [-0.25, -0.2) is 0 Å². The first kappa shape index (κ1) is 13.9. The van der Waals surface area contributed by atoms with Crippen LogP contribution in [0.1, 0.15) is 60.3 Å². The number of hydrogen-bond acceptors (Lipinski definition) is 2. The standard InChI is InChI=1S/C13H26O2Si/c1-12(2,3)16-15-13(4,5)10-6-8-11(14)9-7-10/h10H,6-9,16H2,1-5H3. The van der Waals surface area contributed by atoms with Crippen LogP contribution in [0, 0.1) is 5.92 Å². The van der Waals surface area contributed by atoms with E-state index in [-0.39, 0.29) is 5.60 Å². The minimum atomic E-state index is -0.498. The van der Waals surface area contributed by atoms with Crippen LogP contribution < -0.4 is 0 Å². The molecule has 0 atom stereocenters. The topological polar surface area (TPSA) is 26.3 Å². The monoisotopic (exact) mass is 242 g/mol. The van der Waals surface area contributed by atoms with Gasteiger partial charge in [-0.05, 0) is 37.6 Å². The van der Waals surface area contributed by atoms with E-state index in [2.05, 4.69) is 34.6 Å². The highest BCUT2D eigenvalue weighted by atomic mass is 28.2. The van der Waals surface area contributed by atoms with Gasteiger partial charge >= 0.3 is 0 Å². The molecule has 1 saturated carbocycles. The molecule has 0 spiro atoms. The molecule has 0 N–H and O–H groups in total. The van der Waals surface area contributed by atoms with Gasteiger partial charge in [-0.15, -0.1) is 0 Å². The molecule has 0 radical (unpaired) electrons. The summed E-state index contributed by atoms with van der Waals surface area (Å²) in [5.41, 5.74) is -0.0276. The van der Waals surface area contributed by atoms with Gasteiger partial charge in [0.25, 0.3) is 0 Å². The molecular formula is C13H26O2Si. The molecule has 3 heteroatoms. The summed E-state index contributed by atoms with van der Waals surface area (Å²) >= 11 is 0. The Morgan fingerprint density at radius 3 is 2.06 bits per heavy atom. The second-order valence-electron chi connectivity index (χ2n) is 6.77. The van der Waals surface area contributed by atoms with E-state index in [0.717, 1.165) is 25.7 Å². The highest BCUT2D eigenvalue weighted by molar-refractivity contribution is 6.31. The number of carbonyl (C=O) groups is 1. The zero-order chi connectivity index (χ0) is 12.4. The first-order valence-corrected chi connectivity index (χ1v) is 7.65. The Morgan fingerprint density at radius 1 is 1.12 bits per heavy atom. The molecule has 0 bridgehead atoms. The third-order valence-corrected chi connectivity index (χ3v) is 5.16. The van der Waals surface area contributed by atoms with Gasteiger partial charge in [0, 0.05) is 12.8 Å². The Kier molecular flexibility index (Phi) is 4.35. The average Bonchev–Trinajstić information content (AvgIpc) is 2.15. The number of ketones is 1. The van der Waals surface area contributed by atoms with Crippen molar-refractivity contribution in [2.45, 2.75) is 70.9 Å². The van der Waals surface area contributed by atoms with E-state index < -0.39 is 9.76 Å². The molecule has 0 aliphatic heterocycles. The smallest absolute Gasteiger partial charge is 0.167 e. The van der Waals surface area contributed by atoms with E-state index in [1.165, 1.54) is 0 Å². The summed E-state index contributed by atoms with van der Waals surface area (Å²) in [4.78, 5) is 11.2. The van der Waals surface area contributed by atoms with Crippen LogP contribution in [0.3, 0.4) is 0 Å². The van der Waals surface area contributed by atoms with Crippen LogP contribution in [0.15, 0.2) is 0 Å². The largest absolute Gasteiger partial charge is 0.418 e. The number of hydrogen-bond donors (Lipinski definition) is 0. The Hall–Kier alpha value is -0.153. The molecule has 1 aliphatic carbocycles. The number of Topliss-reactive ketones (excluding diaryl/α,β-unsaturated/α-hetero) is 1. The van der Waals surface area contributed by atoms with Crippen molar-refractivity contribution < 1.29 is 9.22 Å². The van der Waals surface area contributed by atoms with Crippen LogP contribution in [-0.4, -0.2) is 21.1 Å². The highest BCUT2D eigenvalue weighted by Gasteiger charge is 2.34. The lowest BCUT2D eigenvalue weighted by molar-refractivity contribution is -0.122. The molecule has 16 heavy (non-hydrogen) atoms. The summed E-state index contributed by atoms with van der Waals surface area (Å²) in [7, 11) is -0.498. The first-order chi connectivity index (χ1) is 7.21. The summed E-state index contributed by atoms with van der Waals surface area (Å²) in [6, 6.07) is 0. The fourth-order valence-corrected chi connectivity index (χ4v) is 3.20. The third-order valence-electron chi connectivity index (χ3n) is 3.40. The number of rotatable bonds is 3. The summed E-state index contributed by atoms with van der Waals surface area (Å²) in [5, 5.41) is 0.349. The summed E-state index contributed by atoms with van der Waals surface area (Å²) in [6.07, 6.45) is 3.55. The maximum Gasteiger partial charge on any atom is 0.167 e. The molecule has 0 unspecified atom stereocenters. The lowest BCUT2D eigenvalue weighted by atomic mass is 9.78. The van der Waals surface area contributed by atoms with E-state index in [1.54, 1.807) is 0 Å². The predicted molar refractivity (Wildman–Crippen MR) is 70.4 cm³/mol. The first-order valence-electron chi connectivity index (χ1n) is 6.36. The van der Waals surface area contributed by atoms with Gasteiger partial charge in [-0.2, -0.15) is 0 Å². The summed E-state index contributed by atoms with van der Waals surface area (Å²) < 4.78 is 6.20. The van der Waals surface area contributed by atoms with Gasteiger partial charge in [0.1, 0.15) is 5.78 Å². The Morgan fingerprint density at radius 2 is 1.62 bits per heavy atom. The van der Waals surface area contributed by atoms with E-state index in [9.17, 15) is 4.79 Å². The lowest BCUT2D eigenvalue weighted by Crippen LogP contribution is -2.39. The van der Waals surface area contributed by atoms with Gasteiger partial charge in [-0.3, -0.25) is 4.79 Å². The van der Waals surface area contributed by atoms with Gasteiger partial charge in [0.05, 0.1) is 5.60 Å². The quantitative estimate of drug-likeness (QED) is 0.711. The van der Waals surface area contributed by atoms with Crippen LogP contribution in [0.5, 0.6) is 0 Å². The summed E-state index contributed by atoms with van der Waals surface area (Å²) in [6.45, 7) is 11.2. The molecule has 0 aromatic carbocycles. The highest BCUT2D eigenvalue weighted by Crippen LogP contribution is 2.35. The molecule has 1 rings (SSSR count). The van der Waals surface area contributed by atoms with Crippen molar-refractivity contribution in [1.82, 2.24) is 0 Å². The van der Waals surface area contributed by atoms with E-state index >= 15 is 0 Å². The molecular weight excluding hydrogens is 216 g/mol. The van der Waals surface area contributed by atoms with E-state index in [1.807, 2.05) is 0 Å². The van der Waals surface area contributed by atoms with Crippen molar-refractivity contribution in [3.8, 4) is 0 Å². The fourth-order valence-electron chi connectivity index (χ4n) is 2.16. The van der Waals surface area contributed by atoms with Crippen molar-refractivity contribution in [2.24, 2.45) is 5.92 Å². The van der Waals surface area contributed by atoms with Gasteiger partial charge < -0.3 is 4.43 Å². The third kappa shape index (κ3) is 4.38. The Labute approximate surface area is 102 Å². The summed E-state index contributed by atoms with van der Waals surface area (Å²) in [5.74, 6) is 1.00. The normalized spacial score (nSPS) is 20.9. The minimum Gasteiger partial charge on any atom is -0.418 e. The molecule has 1 fully saturated rings. The number of carbonyl (C=O) groups excluding carboxylic acids is 1. The lowest BCUT2D eigenvalue weighted by Gasteiger charge is -2.38. The maximum atomic E-state index is 11.2. The van der Waals surface area contributed by atoms with Crippen molar-refractivity contribution in [3.63, 3.8) is 0 Å². The molecule has 0 amide bonds. The zero-order valence-corrected chi connectivity index (χ0v) is 12.8. The van der Waals surface area contributed by atoms with Crippen molar-refractivity contribution in [3.05, 3.63) is 0 Å². The van der Waals surface area contributed by atoms with Crippen molar-refractivity contribution in [2.75, 3.05) is 0 Å². The van der Waals surface area contributed by atoms with Crippen LogP contribution in [-0.2, 0) is 9.22 Å². The molecule has 2 nitrogen and oxygen atoms in total. The fraction of sp³-hybridized carbons (Fsp3) is 0.923. The van der Waals surface area contributed by atoms with Gasteiger partial charge in [0.15, 0.2) is 9.76 Å². The van der Waals surface area contributed by atoms with Crippen LogP contribution in [0.4, 0.5) is 0 Å². The molecule has 94 valence electrons. The maximum absolute atomic E-state index is 11.2. The molecule has 0 heterocycles.